The Morgan fingerprint density at radius 1 is 1.13 bits per heavy atom. The van der Waals surface area contributed by atoms with Crippen molar-refractivity contribution in [3.05, 3.63) is 58.9 Å². The number of hydrogen-bond donors (Lipinski definition) is 1. The molecule has 2 amide bonds. The van der Waals surface area contributed by atoms with Crippen molar-refractivity contribution < 1.29 is 9.59 Å². The van der Waals surface area contributed by atoms with E-state index >= 15 is 0 Å². The van der Waals surface area contributed by atoms with Gasteiger partial charge in [-0.1, -0.05) is 12.1 Å². The van der Waals surface area contributed by atoms with E-state index in [9.17, 15) is 9.59 Å². The topological polar surface area (TPSA) is 83.9 Å². The molecule has 2 aliphatic heterocycles. The van der Waals surface area contributed by atoms with E-state index in [1.807, 2.05) is 19.3 Å². The van der Waals surface area contributed by atoms with Crippen LogP contribution in [0, 0.1) is 19.8 Å². The number of primary amides is 1. The van der Waals surface area contributed by atoms with E-state index in [1.54, 1.807) is 5.01 Å². The Morgan fingerprint density at radius 2 is 1.87 bits per heavy atom. The van der Waals surface area contributed by atoms with Crippen LogP contribution in [0.25, 0.3) is 0 Å². The Morgan fingerprint density at radius 3 is 2.48 bits per heavy atom. The minimum Gasteiger partial charge on any atom is -0.369 e. The van der Waals surface area contributed by atoms with Crippen LogP contribution in [0.2, 0.25) is 0 Å². The lowest BCUT2D eigenvalue weighted by Gasteiger charge is -2.31. The second-order valence-corrected chi connectivity index (χ2v) is 8.80. The zero-order valence-corrected chi connectivity index (χ0v) is 18.5. The van der Waals surface area contributed by atoms with Gasteiger partial charge in [0.1, 0.15) is 6.04 Å². The summed E-state index contributed by atoms with van der Waals surface area (Å²) in [5, 5.41) is 6.47. The number of aromatic nitrogens is 1. The molecule has 164 valence electrons. The number of rotatable bonds is 5. The molecule has 1 aromatic heterocycles. The first kappa shape index (κ1) is 21.3. The predicted molar refractivity (Wildman–Crippen MR) is 120 cm³/mol. The zero-order valence-electron chi connectivity index (χ0n) is 18.5. The van der Waals surface area contributed by atoms with E-state index in [4.69, 9.17) is 10.8 Å². The highest BCUT2D eigenvalue weighted by molar-refractivity contribution is 6.03. The first-order valence-corrected chi connectivity index (χ1v) is 10.9. The lowest BCUT2D eigenvalue weighted by molar-refractivity contribution is -0.134. The van der Waals surface area contributed by atoms with Gasteiger partial charge in [0, 0.05) is 31.3 Å². The Labute approximate surface area is 183 Å². The molecule has 1 aromatic carbocycles. The van der Waals surface area contributed by atoms with Gasteiger partial charge in [-0.25, -0.2) is 5.01 Å². The molecule has 3 heterocycles. The van der Waals surface area contributed by atoms with Crippen molar-refractivity contribution in [2.75, 3.05) is 19.6 Å². The molecular formula is C24H31N5O2. The molecule has 1 atom stereocenters. The fourth-order valence-corrected chi connectivity index (χ4v) is 4.53. The van der Waals surface area contributed by atoms with Gasteiger partial charge in [0.2, 0.25) is 5.91 Å². The number of aryl methyl sites for hydroxylation is 3. The van der Waals surface area contributed by atoms with Gasteiger partial charge in [-0.05, 0) is 74.7 Å². The number of hydrazone groups is 1. The van der Waals surface area contributed by atoms with Gasteiger partial charge in [-0.2, -0.15) is 5.10 Å². The van der Waals surface area contributed by atoms with Crippen molar-refractivity contribution in [2.24, 2.45) is 23.8 Å². The van der Waals surface area contributed by atoms with Gasteiger partial charge in [0.25, 0.3) is 5.91 Å². The Balaban J connectivity index is 1.55. The third-order valence-electron chi connectivity index (χ3n) is 6.68. The SMILES string of the molecule is Cc1ccc(C2=NN(C(=O)CN3CCC(C(N)=O)CC3)C(c3cccn3C)C2)cc1C. The van der Waals surface area contributed by atoms with E-state index in [0.717, 1.165) is 17.0 Å². The molecule has 0 aliphatic carbocycles. The number of carbonyl (C=O) groups is 2. The van der Waals surface area contributed by atoms with E-state index in [-0.39, 0.29) is 23.8 Å². The van der Waals surface area contributed by atoms with Crippen LogP contribution in [0.5, 0.6) is 0 Å². The molecule has 1 unspecified atom stereocenters. The molecule has 0 saturated carbocycles. The van der Waals surface area contributed by atoms with Gasteiger partial charge in [-0.15, -0.1) is 0 Å². The number of hydrogen-bond acceptors (Lipinski definition) is 4. The minimum atomic E-state index is -0.239. The largest absolute Gasteiger partial charge is 0.369 e. The molecule has 31 heavy (non-hydrogen) atoms. The molecule has 0 radical (unpaired) electrons. The zero-order chi connectivity index (χ0) is 22.1. The minimum absolute atomic E-state index is 0.0115. The normalized spacial score (nSPS) is 20.2. The Bertz CT molecular complexity index is 1020. The van der Waals surface area contributed by atoms with E-state index in [0.29, 0.717) is 38.9 Å². The highest BCUT2D eigenvalue weighted by atomic mass is 16.2. The molecule has 2 aliphatic rings. The highest BCUT2D eigenvalue weighted by Crippen LogP contribution is 2.33. The number of nitrogens with zero attached hydrogens (tertiary/aromatic N) is 4. The first-order chi connectivity index (χ1) is 14.8. The van der Waals surface area contributed by atoms with E-state index < -0.39 is 0 Å². The van der Waals surface area contributed by atoms with Crippen LogP contribution < -0.4 is 5.73 Å². The number of likely N-dealkylation sites (tertiary alicyclic amines) is 1. The maximum Gasteiger partial charge on any atom is 0.257 e. The third kappa shape index (κ3) is 4.42. The fourth-order valence-electron chi connectivity index (χ4n) is 4.53. The van der Waals surface area contributed by atoms with Crippen molar-refractivity contribution in [3.63, 3.8) is 0 Å². The summed E-state index contributed by atoms with van der Waals surface area (Å²) in [6.07, 6.45) is 4.11. The Kier molecular flexibility index (Phi) is 5.96. The molecule has 2 aromatic rings. The first-order valence-electron chi connectivity index (χ1n) is 10.9. The quantitative estimate of drug-likeness (QED) is 0.805. The predicted octanol–water partition coefficient (Wildman–Crippen LogP) is 2.52. The van der Waals surface area contributed by atoms with Crippen molar-refractivity contribution in [1.29, 1.82) is 0 Å². The van der Waals surface area contributed by atoms with E-state index in [1.165, 1.54) is 11.1 Å². The second kappa shape index (κ2) is 8.67. The molecule has 2 N–H and O–H groups in total. The molecule has 1 fully saturated rings. The monoisotopic (exact) mass is 421 g/mol. The number of benzene rings is 1. The smallest absolute Gasteiger partial charge is 0.257 e. The summed E-state index contributed by atoms with van der Waals surface area (Å²) in [5.41, 5.74) is 11.0. The third-order valence-corrected chi connectivity index (χ3v) is 6.68. The lowest BCUT2D eigenvalue weighted by atomic mass is 9.96. The summed E-state index contributed by atoms with van der Waals surface area (Å²) in [6, 6.07) is 10.3. The second-order valence-electron chi connectivity index (χ2n) is 8.80. The van der Waals surface area contributed by atoms with Crippen LogP contribution in [0.15, 0.2) is 41.6 Å². The summed E-state index contributed by atoms with van der Waals surface area (Å²) in [7, 11) is 2.00. The number of carbonyl (C=O) groups excluding carboxylic acids is 2. The maximum absolute atomic E-state index is 13.3. The molecule has 7 nitrogen and oxygen atoms in total. The molecule has 4 rings (SSSR count). The van der Waals surface area contributed by atoms with Gasteiger partial charge < -0.3 is 10.3 Å². The van der Waals surface area contributed by atoms with Crippen LogP contribution in [-0.4, -0.2) is 51.6 Å². The van der Waals surface area contributed by atoms with Gasteiger partial charge >= 0.3 is 0 Å². The molecule has 0 bridgehead atoms. The summed E-state index contributed by atoms with van der Waals surface area (Å²) < 4.78 is 2.06. The summed E-state index contributed by atoms with van der Waals surface area (Å²) >= 11 is 0. The van der Waals surface area contributed by atoms with Gasteiger partial charge in [0.15, 0.2) is 0 Å². The van der Waals surface area contributed by atoms with E-state index in [2.05, 4.69) is 47.6 Å². The average Bonchev–Trinajstić information content (AvgIpc) is 3.36. The molecule has 0 spiro atoms. The van der Waals surface area contributed by atoms with Crippen molar-refractivity contribution in [1.82, 2.24) is 14.5 Å². The van der Waals surface area contributed by atoms with Crippen LogP contribution in [0.1, 0.15) is 47.7 Å². The molecule has 1 saturated heterocycles. The highest BCUT2D eigenvalue weighted by Gasteiger charge is 2.35. The van der Waals surface area contributed by atoms with Gasteiger partial charge in [-0.3, -0.25) is 14.5 Å². The molecule has 7 heteroatoms. The fraction of sp³-hybridized carbons (Fsp3) is 0.458. The summed E-state index contributed by atoms with van der Waals surface area (Å²) in [5.74, 6) is -0.330. The van der Waals surface area contributed by atoms with Crippen LogP contribution in [0.3, 0.4) is 0 Å². The summed E-state index contributed by atoms with van der Waals surface area (Å²) in [4.78, 5) is 26.8. The standard InChI is InChI=1S/C24H31N5O2/c1-16-6-7-19(13-17(16)2)20-14-22(21-5-4-10-27(21)3)29(26-20)23(30)15-28-11-8-18(9-12-28)24(25)31/h4-7,10,13,18,22H,8-9,11-12,14-15H2,1-3H3,(H2,25,31). The summed E-state index contributed by atoms with van der Waals surface area (Å²) in [6.45, 7) is 5.91. The van der Waals surface area contributed by atoms with Crippen molar-refractivity contribution in [2.45, 2.75) is 39.2 Å². The Hall–Kier alpha value is -2.93. The van der Waals surface area contributed by atoms with Crippen molar-refractivity contribution >= 4 is 17.5 Å². The van der Waals surface area contributed by atoms with Crippen LogP contribution in [-0.2, 0) is 16.6 Å². The maximum atomic E-state index is 13.3. The molecular weight excluding hydrogens is 390 g/mol. The lowest BCUT2D eigenvalue weighted by Crippen LogP contribution is -2.44. The van der Waals surface area contributed by atoms with Crippen LogP contribution >= 0.6 is 0 Å². The number of piperidine rings is 1. The van der Waals surface area contributed by atoms with Crippen LogP contribution in [0.4, 0.5) is 0 Å². The number of amides is 2. The van der Waals surface area contributed by atoms with Gasteiger partial charge in [0.05, 0.1) is 12.3 Å². The number of nitrogens with two attached hydrogens (primary N) is 1. The van der Waals surface area contributed by atoms with Crippen molar-refractivity contribution in [3.8, 4) is 0 Å². The average molecular weight is 422 g/mol.